The van der Waals surface area contributed by atoms with Gasteiger partial charge < -0.3 is 20.3 Å². The van der Waals surface area contributed by atoms with Gasteiger partial charge in [-0.25, -0.2) is 18.7 Å². The monoisotopic (exact) mass is 544 g/mol. The molecule has 206 valence electrons. The van der Waals surface area contributed by atoms with Gasteiger partial charge in [0.25, 0.3) is 5.91 Å². The molecule has 8 nitrogen and oxygen atoms in total. The number of ether oxygens (including phenoxy) is 1. The summed E-state index contributed by atoms with van der Waals surface area (Å²) in [7, 11) is 2.10. The zero-order valence-electron chi connectivity index (χ0n) is 22.1. The van der Waals surface area contributed by atoms with Gasteiger partial charge in [-0.15, -0.1) is 0 Å². The molecule has 0 atom stereocenters. The second kappa shape index (κ2) is 12.6. The smallest absolute Gasteiger partial charge is 0.255 e. The summed E-state index contributed by atoms with van der Waals surface area (Å²) >= 11 is 0. The molecule has 1 amide bonds. The van der Waals surface area contributed by atoms with E-state index in [4.69, 9.17) is 4.74 Å². The normalized spacial score (nSPS) is 14.1. The Morgan fingerprint density at radius 3 is 2.50 bits per heavy atom. The van der Waals surface area contributed by atoms with E-state index in [2.05, 4.69) is 37.4 Å². The van der Waals surface area contributed by atoms with Gasteiger partial charge in [0.1, 0.15) is 24.0 Å². The summed E-state index contributed by atoms with van der Waals surface area (Å²) in [6.07, 6.45) is 1.58. The molecule has 1 saturated heterocycles. The maximum atomic E-state index is 14.9. The Hall–Kier alpha value is -4.41. The Balaban J connectivity index is 1.20. The quantitative estimate of drug-likeness (QED) is 0.305. The predicted molar refractivity (Wildman–Crippen MR) is 151 cm³/mol. The highest BCUT2D eigenvalue weighted by atomic mass is 19.1. The summed E-state index contributed by atoms with van der Waals surface area (Å²) < 4.78 is 35.2. The number of hydrogen-bond donors (Lipinski definition) is 2. The van der Waals surface area contributed by atoms with Gasteiger partial charge >= 0.3 is 0 Å². The van der Waals surface area contributed by atoms with Crippen molar-refractivity contribution in [2.45, 2.75) is 0 Å². The summed E-state index contributed by atoms with van der Waals surface area (Å²) in [5.74, 6) is -1.30. The second-order valence-electron chi connectivity index (χ2n) is 9.54. The molecule has 0 saturated carbocycles. The molecule has 0 spiro atoms. The maximum Gasteiger partial charge on any atom is 0.255 e. The summed E-state index contributed by atoms with van der Waals surface area (Å²) in [6, 6.07) is 19.4. The van der Waals surface area contributed by atoms with Gasteiger partial charge in [0.15, 0.2) is 0 Å². The molecule has 1 fully saturated rings. The number of carbonyl (C=O) groups excluding carboxylic acids is 1. The molecule has 1 aromatic heterocycles. The third-order valence-corrected chi connectivity index (χ3v) is 6.66. The van der Waals surface area contributed by atoms with Gasteiger partial charge in [-0.3, -0.25) is 9.69 Å². The van der Waals surface area contributed by atoms with E-state index in [1.165, 1.54) is 30.3 Å². The fourth-order valence-electron chi connectivity index (χ4n) is 4.32. The molecule has 0 unspecified atom stereocenters. The number of halogens is 2. The van der Waals surface area contributed by atoms with E-state index in [1.807, 2.05) is 30.3 Å². The van der Waals surface area contributed by atoms with Crippen LogP contribution in [0.2, 0.25) is 0 Å². The van der Waals surface area contributed by atoms with Crippen LogP contribution in [-0.2, 0) is 0 Å². The van der Waals surface area contributed by atoms with E-state index >= 15 is 0 Å². The lowest BCUT2D eigenvalue weighted by atomic mass is 10.1. The highest BCUT2D eigenvalue weighted by Gasteiger charge is 2.16. The van der Waals surface area contributed by atoms with Crippen LogP contribution in [0.3, 0.4) is 0 Å². The van der Waals surface area contributed by atoms with Crippen LogP contribution < -0.4 is 15.4 Å². The van der Waals surface area contributed by atoms with Crippen molar-refractivity contribution in [2.75, 3.05) is 57.0 Å². The highest BCUT2D eigenvalue weighted by Crippen LogP contribution is 2.25. The number of likely N-dealkylation sites (N-methyl/N-ethyl adjacent to an activating group) is 1. The fourth-order valence-corrected chi connectivity index (χ4v) is 4.32. The molecule has 0 bridgehead atoms. The molecule has 10 heteroatoms. The van der Waals surface area contributed by atoms with Crippen molar-refractivity contribution < 1.29 is 18.3 Å². The topological polar surface area (TPSA) is 82.6 Å². The third-order valence-electron chi connectivity index (χ3n) is 6.66. The first-order chi connectivity index (χ1) is 19.4. The standard InChI is InChI=1S/C30H30F2N6O2/c1-37-13-15-38(16-14-37)17-18-40-23-8-9-24(31)28(20-23)34-29(39)22-7-10-27(25(32)19-22)36-30-33-12-11-26(35-30)21-5-3-2-4-6-21/h2-12,19-20H,13-18H2,1H3,(H,34,39)(H,33,35,36). The number of aromatic nitrogens is 2. The molecule has 1 aliphatic rings. The number of anilines is 3. The van der Waals surface area contributed by atoms with Crippen molar-refractivity contribution in [2.24, 2.45) is 0 Å². The lowest BCUT2D eigenvalue weighted by Gasteiger charge is -2.32. The molecular formula is C30H30F2N6O2. The van der Waals surface area contributed by atoms with E-state index in [1.54, 1.807) is 12.3 Å². The second-order valence-corrected chi connectivity index (χ2v) is 9.54. The predicted octanol–water partition coefficient (Wildman–Crippen LogP) is 5.04. The van der Waals surface area contributed by atoms with Gasteiger partial charge in [-0.1, -0.05) is 30.3 Å². The number of nitrogens with one attached hydrogen (secondary N) is 2. The molecule has 40 heavy (non-hydrogen) atoms. The van der Waals surface area contributed by atoms with Crippen molar-refractivity contribution in [1.82, 2.24) is 19.8 Å². The minimum Gasteiger partial charge on any atom is -0.492 e. The summed E-state index contributed by atoms with van der Waals surface area (Å²) in [5.41, 5.74) is 1.67. The minimum absolute atomic E-state index is 0.0304. The number of piperazine rings is 1. The van der Waals surface area contributed by atoms with Crippen molar-refractivity contribution >= 4 is 23.2 Å². The Morgan fingerprint density at radius 2 is 1.73 bits per heavy atom. The first-order valence-electron chi connectivity index (χ1n) is 13.0. The number of carbonyl (C=O) groups is 1. The maximum absolute atomic E-state index is 14.9. The van der Waals surface area contributed by atoms with Crippen LogP contribution >= 0.6 is 0 Å². The van der Waals surface area contributed by atoms with Gasteiger partial charge in [-0.2, -0.15) is 0 Å². The Morgan fingerprint density at radius 1 is 0.925 bits per heavy atom. The molecule has 0 radical (unpaired) electrons. The largest absolute Gasteiger partial charge is 0.492 e. The molecule has 0 aliphatic carbocycles. The van der Waals surface area contributed by atoms with Crippen molar-refractivity contribution in [3.05, 3.63) is 96.2 Å². The van der Waals surface area contributed by atoms with Crippen LogP contribution in [0.25, 0.3) is 11.3 Å². The summed E-state index contributed by atoms with van der Waals surface area (Å²) in [4.78, 5) is 26.0. The fraction of sp³-hybridized carbons (Fsp3) is 0.233. The number of hydrogen-bond acceptors (Lipinski definition) is 7. The zero-order valence-corrected chi connectivity index (χ0v) is 22.1. The van der Waals surface area contributed by atoms with Crippen molar-refractivity contribution in [3.8, 4) is 17.0 Å². The average molecular weight is 545 g/mol. The van der Waals surface area contributed by atoms with Crippen LogP contribution in [-0.4, -0.2) is 72.1 Å². The Kier molecular flexibility index (Phi) is 8.58. The highest BCUT2D eigenvalue weighted by molar-refractivity contribution is 6.04. The van der Waals surface area contributed by atoms with Crippen LogP contribution in [0, 0.1) is 11.6 Å². The lowest BCUT2D eigenvalue weighted by molar-refractivity contribution is 0.102. The van der Waals surface area contributed by atoms with Crippen LogP contribution in [0.4, 0.5) is 26.1 Å². The molecule has 2 heterocycles. The average Bonchev–Trinajstić information content (AvgIpc) is 2.97. The molecule has 4 aromatic rings. The first kappa shape index (κ1) is 27.2. The minimum atomic E-state index is -0.678. The Labute approximate surface area is 231 Å². The number of nitrogens with zero attached hydrogens (tertiary/aromatic N) is 4. The number of benzene rings is 3. The zero-order chi connectivity index (χ0) is 27.9. The van der Waals surface area contributed by atoms with Gasteiger partial charge in [0, 0.05) is 56.1 Å². The van der Waals surface area contributed by atoms with Crippen molar-refractivity contribution in [3.63, 3.8) is 0 Å². The van der Waals surface area contributed by atoms with Crippen LogP contribution in [0.15, 0.2) is 79.0 Å². The summed E-state index contributed by atoms with van der Waals surface area (Å²) in [5, 5.41) is 5.36. The SMILES string of the molecule is CN1CCN(CCOc2ccc(F)c(NC(=O)c3ccc(Nc4nccc(-c5ccccc5)n4)c(F)c3)c2)CC1. The number of rotatable bonds is 9. The lowest BCUT2D eigenvalue weighted by Crippen LogP contribution is -2.45. The molecular weight excluding hydrogens is 514 g/mol. The van der Waals surface area contributed by atoms with Gasteiger partial charge in [0.2, 0.25) is 5.95 Å². The van der Waals surface area contributed by atoms with Crippen LogP contribution in [0.1, 0.15) is 10.4 Å². The molecule has 5 rings (SSSR count). The van der Waals surface area contributed by atoms with E-state index in [0.717, 1.165) is 44.4 Å². The molecule has 2 N–H and O–H groups in total. The number of amides is 1. The first-order valence-corrected chi connectivity index (χ1v) is 13.0. The van der Waals surface area contributed by atoms with E-state index in [9.17, 15) is 13.6 Å². The van der Waals surface area contributed by atoms with Crippen LogP contribution in [0.5, 0.6) is 5.75 Å². The third kappa shape index (κ3) is 6.96. The summed E-state index contributed by atoms with van der Waals surface area (Å²) in [6.45, 7) is 5.18. The molecule has 1 aliphatic heterocycles. The molecule has 3 aromatic carbocycles. The van der Waals surface area contributed by atoms with E-state index in [0.29, 0.717) is 18.1 Å². The van der Waals surface area contributed by atoms with Gasteiger partial charge in [0.05, 0.1) is 17.1 Å². The van der Waals surface area contributed by atoms with E-state index < -0.39 is 17.5 Å². The Bertz CT molecular complexity index is 1460. The van der Waals surface area contributed by atoms with E-state index in [-0.39, 0.29) is 22.9 Å². The van der Waals surface area contributed by atoms with Crippen molar-refractivity contribution in [1.29, 1.82) is 0 Å². The van der Waals surface area contributed by atoms with Gasteiger partial charge in [-0.05, 0) is 43.4 Å².